The molecule has 0 unspecified atom stereocenters. The Morgan fingerprint density at radius 2 is 0.773 bits per heavy atom. The molecule has 0 aliphatic rings. The van der Waals surface area contributed by atoms with Crippen molar-refractivity contribution in [3.63, 3.8) is 0 Å². The molecule has 0 spiro atoms. The van der Waals surface area contributed by atoms with Gasteiger partial charge in [0.15, 0.2) is 0 Å². The summed E-state index contributed by atoms with van der Waals surface area (Å²) in [5.41, 5.74) is 8.18. The molecule has 2 nitrogen and oxygen atoms in total. The van der Waals surface area contributed by atoms with Crippen molar-refractivity contribution >= 4 is 23.3 Å². The third-order valence-corrected chi connectivity index (χ3v) is 8.58. The average molecular weight is 646 g/mol. The summed E-state index contributed by atoms with van der Waals surface area (Å²) in [7, 11) is 0. The molecule has 0 aliphatic heterocycles. The predicted molar refractivity (Wildman–Crippen MR) is 194 cm³/mol. The average Bonchev–Trinajstić information content (AvgIpc) is 2.95. The number of benzene rings is 2. The molecule has 0 saturated carbocycles. The zero-order valence-corrected chi connectivity index (χ0v) is 30.3. The molecule has 0 fully saturated rings. The van der Waals surface area contributed by atoms with E-state index in [0.29, 0.717) is 0 Å². The van der Waals surface area contributed by atoms with E-state index < -0.39 is 0 Å². The molecule has 250 valence electrons. The Morgan fingerprint density at radius 3 is 1.14 bits per heavy atom. The van der Waals surface area contributed by atoms with Crippen molar-refractivity contribution in [2.45, 2.75) is 176 Å². The van der Waals surface area contributed by atoms with E-state index in [4.69, 9.17) is 9.98 Å². The normalized spacial score (nSPS) is 11.8. The summed E-state index contributed by atoms with van der Waals surface area (Å²) in [5, 5.41) is 0. The van der Waals surface area contributed by atoms with Crippen LogP contribution in [0.25, 0.3) is 0 Å². The Balaban J connectivity index is 0.00000968. The fraction of sp³-hybridized carbons (Fsp3) is 0.659. The summed E-state index contributed by atoms with van der Waals surface area (Å²) in [6.07, 6.45) is 32.7. The smallest absolute Gasteiger partial charge is 0.0638 e. The van der Waals surface area contributed by atoms with Crippen LogP contribution in [0.15, 0.2) is 46.4 Å². The molecule has 2 aromatic rings. The third-order valence-electron chi connectivity index (χ3n) is 8.58. The maximum absolute atomic E-state index is 5.03. The number of aryl methyl sites for hydroxylation is 4. The van der Waals surface area contributed by atoms with Crippen LogP contribution < -0.4 is 0 Å². The van der Waals surface area contributed by atoms with Gasteiger partial charge in [-0.15, -0.1) is 0 Å². The summed E-state index contributed by atoms with van der Waals surface area (Å²) in [4.78, 5) is 9.85. The van der Waals surface area contributed by atoms with Gasteiger partial charge in [0.2, 0.25) is 0 Å². The summed E-state index contributed by atoms with van der Waals surface area (Å²) >= 11 is 0. The SMILES string of the molecule is CCCCCCCCCCCCCCCCCCCCCCCC(C=Nc1cc(C)cc(C)c1)=Nc1cc(C)cc(C)c1.[Ni]. The standard InChI is InChI=1S/C41H66N2.Ni/c1-6-7-8-9-10-11-12-13-14-15-16-17-18-19-20-21-22-23-24-25-26-27-39(43-41-32-37(4)29-38(5)33-41)34-42-40-30-35(2)28-36(3)31-40;/h28-34H,6-27H2,1-5H3;. The minimum Gasteiger partial charge on any atom is -0.255 e. The fourth-order valence-electron chi connectivity index (χ4n) is 6.24. The van der Waals surface area contributed by atoms with E-state index in [0.717, 1.165) is 23.5 Å². The number of hydrogen-bond donors (Lipinski definition) is 0. The zero-order chi connectivity index (χ0) is 31.0. The van der Waals surface area contributed by atoms with E-state index in [1.807, 2.05) is 6.21 Å². The molecule has 0 bridgehead atoms. The van der Waals surface area contributed by atoms with Gasteiger partial charge in [0.25, 0.3) is 0 Å². The molecule has 0 N–H and O–H groups in total. The molecule has 2 rings (SSSR count). The number of nitrogens with zero attached hydrogens (tertiary/aromatic N) is 2. The van der Waals surface area contributed by atoms with Gasteiger partial charge >= 0.3 is 0 Å². The van der Waals surface area contributed by atoms with E-state index in [2.05, 4.69) is 71.0 Å². The van der Waals surface area contributed by atoms with Gasteiger partial charge in [0, 0.05) is 22.7 Å². The van der Waals surface area contributed by atoms with Crippen molar-refractivity contribution in [3.05, 3.63) is 58.7 Å². The van der Waals surface area contributed by atoms with Crippen molar-refractivity contribution in [1.29, 1.82) is 0 Å². The summed E-state index contributed by atoms with van der Waals surface area (Å²) in [6, 6.07) is 13.1. The monoisotopic (exact) mass is 644 g/mol. The second kappa shape index (κ2) is 26.5. The Bertz CT molecular complexity index is 1010. The van der Waals surface area contributed by atoms with E-state index in [9.17, 15) is 0 Å². The van der Waals surface area contributed by atoms with Gasteiger partial charge in [-0.25, -0.2) is 0 Å². The van der Waals surface area contributed by atoms with Crippen LogP contribution in [0.2, 0.25) is 0 Å². The van der Waals surface area contributed by atoms with E-state index >= 15 is 0 Å². The van der Waals surface area contributed by atoms with Crippen LogP contribution in [0.3, 0.4) is 0 Å². The quantitative estimate of drug-likeness (QED) is 0.0583. The van der Waals surface area contributed by atoms with Crippen LogP contribution in [0.4, 0.5) is 11.4 Å². The third kappa shape index (κ3) is 21.1. The second-order valence-corrected chi connectivity index (χ2v) is 13.4. The maximum atomic E-state index is 5.03. The Morgan fingerprint density at radius 1 is 0.455 bits per heavy atom. The van der Waals surface area contributed by atoms with Crippen LogP contribution in [0, 0.1) is 27.7 Å². The van der Waals surface area contributed by atoms with Gasteiger partial charge in [-0.2, -0.15) is 0 Å². The molecule has 3 heteroatoms. The first-order valence-corrected chi connectivity index (χ1v) is 18.2. The first-order valence-electron chi connectivity index (χ1n) is 18.2. The summed E-state index contributed by atoms with van der Waals surface area (Å²) in [5.74, 6) is 0. The van der Waals surface area contributed by atoms with E-state index in [1.165, 1.54) is 157 Å². The van der Waals surface area contributed by atoms with Gasteiger partial charge in [0.1, 0.15) is 0 Å². The molecule has 0 amide bonds. The Labute approximate surface area is 283 Å². The molecule has 0 saturated heterocycles. The van der Waals surface area contributed by atoms with Gasteiger partial charge < -0.3 is 0 Å². The Kier molecular flexibility index (Phi) is 24.3. The number of unbranched alkanes of at least 4 members (excludes halogenated alkanes) is 20. The molecule has 0 aliphatic carbocycles. The van der Waals surface area contributed by atoms with Crippen molar-refractivity contribution in [3.8, 4) is 0 Å². The van der Waals surface area contributed by atoms with Crippen molar-refractivity contribution in [2.75, 3.05) is 0 Å². The zero-order valence-electron chi connectivity index (χ0n) is 29.3. The van der Waals surface area contributed by atoms with Gasteiger partial charge in [0.05, 0.1) is 17.1 Å². The summed E-state index contributed by atoms with van der Waals surface area (Å²) in [6.45, 7) is 10.9. The summed E-state index contributed by atoms with van der Waals surface area (Å²) < 4.78 is 0. The molecule has 0 heterocycles. The first kappa shape index (κ1) is 40.3. The molecular weight excluding hydrogens is 579 g/mol. The largest absolute Gasteiger partial charge is 0.255 e. The second-order valence-electron chi connectivity index (χ2n) is 13.4. The predicted octanol–water partition coefficient (Wildman–Crippen LogP) is 14.0. The van der Waals surface area contributed by atoms with Gasteiger partial charge in [-0.05, 0) is 87.1 Å². The van der Waals surface area contributed by atoms with E-state index in [1.54, 1.807) is 0 Å². The maximum Gasteiger partial charge on any atom is 0.0638 e. The number of hydrogen-bond acceptors (Lipinski definition) is 2. The first-order chi connectivity index (χ1) is 21.0. The van der Waals surface area contributed by atoms with E-state index in [-0.39, 0.29) is 16.5 Å². The van der Waals surface area contributed by atoms with Crippen LogP contribution >= 0.6 is 0 Å². The minimum atomic E-state index is 0. The minimum absolute atomic E-state index is 0. The van der Waals surface area contributed by atoms with Crippen molar-refractivity contribution in [2.24, 2.45) is 9.98 Å². The molecule has 0 atom stereocenters. The topological polar surface area (TPSA) is 24.7 Å². The van der Waals surface area contributed by atoms with Crippen LogP contribution in [0.5, 0.6) is 0 Å². The van der Waals surface area contributed by atoms with Crippen molar-refractivity contribution < 1.29 is 16.5 Å². The van der Waals surface area contributed by atoms with Crippen LogP contribution in [-0.4, -0.2) is 11.9 Å². The molecule has 44 heavy (non-hydrogen) atoms. The molecule has 2 aromatic carbocycles. The molecule has 0 aromatic heterocycles. The fourth-order valence-corrected chi connectivity index (χ4v) is 6.24. The number of rotatable bonds is 25. The number of aliphatic imine (C=N–C) groups is 2. The van der Waals surface area contributed by atoms with Gasteiger partial charge in [-0.1, -0.05) is 147 Å². The Hall–Kier alpha value is -1.73. The molecular formula is C41H66N2Ni. The van der Waals surface area contributed by atoms with Crippen LogP contribution in [0.1, 0.15) is 170 Å². The molecule has 0 radical (unpaired) electrons. The van der Waals surface area contributed by atoms with Crippen LogP contribution in [-0.2, 0) is 16.5 Å². The van der Waals surface area contributed by atoms with Crippen molar-refractivity contribution in [1.82, 2.24) is 0 Å². The van der Waals surface area contributed by atoms with Gasteiger partial charge in [-0.3, -0.25) is 9.98 Å².